The highest BCUT2D eigenvalue weighted by Crippen LogP contribution is 2.31. The van der Waals surface area contributed by atoms with E-state index in [4.69, 9.17) is 15.7 Å². The molecule has 0 heterocycles. The summed E-state index contributed by atoms with van der Waals surface area (Å²) in [6.45, 7) is 1.90. The normalized spacial score (nSPS) is 11.8. The summed E-state index contributed by atoms with van der Waals surface area (Å²) in [5, 5.41) is 8.73. The first-order valence-electron chi connectivity index (χ1n) is 4.29. The number of nitrogens with zero attached hydrogens (tertiary/aromatic N) is 1. The molecule has 0 bridgehead atoms. The van der Waals surface area contributed by atoms with E-state index in [1.165, 1.54) is 0 Å². The molecule has 0 radical (unpaired) electrons. The van der Waals surface area contributed by atoms with Crippen LogP contribution in [0, 0.1) is 11.3 Å². The quantitative estimate of drug-likeness (QED) is 0.844. The van der Waals surface area contributed by atoms with Gasteiger partial charge in [-0.05, 0) is 34.5 Å². The molecule has 14 heavy (non-hydrogen) atoms. The van der Waals surface area contributed by atoms with Crippen LogP contribution in [0.2, 0.25) is 0 Å². The van der Waals surface area contributed by atoms with Gasteiger partial charge in [0, 0.05) is 5.69 Å². The van der Waals surface area contributed by atoms with E-state index in [-0.39, 0.29) is 0 Å². The molecular weight excluding hydrogens is 244 g/mol. The van der Waals surface area contributed by atoms with Gasteiger partial charge in [0.15, 0.2) is 6.10 Å². The van der Waals surface area contributed by atoms with Crippen molar-refractivity contribution >= 4 is 21.6 Å². The molecule has 0 aliphatic heterocycles. The maximum Gasteiger partial charge on any atom is 0.184 e. The molecule has 0 fully saturated rings. The maximum atomic E-state index is 8.73. The summed E-state index contributed by atoms with van der Waals surface area (Å²) in [5.74, 6) is 0.610. The molecule has 0 amide bonds. The van der Waals surface area contributed by atoms with Crippen molar-refractivity contribution in [1.82, 2.24) is 0 Å². The summed E-state index contributed by atoms with van der Waals surface area (Å²) in [5.41, 5.74) is 6.28. The summed E-state index contributed by atoms with van der Waals surface area (Å²) in [7, 11) is 0. The Morgan fingerprint density at radius 2 is 2.36 bits per heavy atom. The largest absolute Gasteiger partial charge is 0.474 e. The lowest BCUT2D eigenvalue weighted by Gasteiger charge is -2.12. The number of benzene rings is 1. The standard InChI is InChI=1S/C10H11BrN2O/c1-2-7(6-12)14-9-5-3-4-8(13)10(9)11/h3-5,7H,2,13H2,1H3. The molecular formula is C10H11BrN2O. The lowest BCUT2D eigenvalue weighted by Crippen LogP contribution is -2.12. The van der Waals surface area contributed by atoms with Crippen LogP contribution in [0.1, 0.15) is 13.3 Å². The molecule has 74 valence electrons. The molecule has 3 nitrogen and oxygen atoms in total. The van der Waals surface area contributed by atoms with Crippen molar-refractivity contribution in [2.75, 3.05) is 5.73 Å². The van der Waals surface area contributed by atoms with E-state index in [0.717, 1.165) is 0 Å². The SMILES string of the molecule is CCC(C#N)Oc1cccc(N)c1Br. The van der Waals surface area contributed by atoms with Crippen molar-refractivity contribution in [2.24, 2.45) is 0 Å². The number of ether oxygens (including phenoxy) is 1. The number of rotatable bonds is 3. The minimum absolute atomic E-state index is 0.423. The van der Waals surface area contributed by atoms with Crippen LogP contribution < -0.4 is 10.5 Å². The van der Waals surface area contributed by atoms with Crippen LogP contribution in [0.5, 0.6) is 5.75 Å². The molecule has 0 aliphatic carbocycles. The number of nitriles is 1. The fraction of sp³-hybridized carbons (Fsp3) is 0.300. The van der Waals surface area contributed by atoms with Crippen molar-refractivity contribution in [3.8, 4) is 11.8 Å². The first-order valence-corrected chi connectivity index (χ1v) is 5.08. The van der Waals surface area contributed by atoms with Gasteiger partial charge in [0.1, 0.15) is 11.8 Å². The van der Waals surface area contributed by atoms with Crippen molar-refractivity contribution in [3.63, 3.8) is 0 Å². The predicted octanol–water partition coefficient (Wildman–Crippen LogP) is 2.71. The lowest BCUT2D eigenvalue weighted by molar-refractivity contribution is 0.250. The minimum atomic E-state index is -0.423. The molecule has 2 N–H and O–H groups in total. The highest BCUT2D eigenvalue weighted by Gasteiger charge is 2.09. The fourth-order valence-corrected chi connectivity index (χ4v) is 1.33. The number of halogens is 1. The highest BCUT2D eigenvalue weighted by atomic mass is 79.9. The predicted molar refractivity (Wildman–Crippen MR) is 58.9 cm³/mol. The van der Waals surface area contributed by atoms with Gasteiger partial charge in [-0.3, -0.25) is 0 Å². The third-order valence-electron chi connectivity index (χ3n) is 1.78. The Bertz CT molecular complexity index is 360. The van der Waals surface area contributed by atoms with Crippen LogP contribution in [0.25, 0.3) is 0 Å². The van der Waals surface area contributed by atoms with E-state index in [1.807, 2.05) is 6.92 Å². The zero-order chi connectivity index (χ0) is 10.6. The molecule has 0 saturated carbocycles. The third-order valence-corrected chi connectivity index (χ3v) is 2.63. The Labute approximate surface area is 91.6 Å². The van der Waals surface area contributed by atoms with Gasteiger partial charge in [-0.25, -0.2) is 0 Å². The smallest absolute Gasteiger partial charge is 0.184 e. The lowest BCUT2D eigenvalue weighted by atomic mass is 10.3. The van der Waals surface area contributed by atoms with Gasteiger partial charge in [0.25, 0.3) is 0 Å². The summed E-state index contributed by atoms with van der Waals surface area (Å²) < 4.78 is 6.14. The first-order chi connectivity index (χ1) is 6.69. The molecule has 0 aromatic heterocycles. The Hall–Kier alpha value is -1.21. The highest BCUT2D eigenvalue weighted by molar-refractivity contribution is 9.10. The number of hydrogen-bond donors (Lipinski definition) is 1. The monoisotopic (exact) mass is 254 g/mol. The Morgan fingerprint density at radius 1 is 1.64 bits per heavy atom. The number of hydrogen-bond acceptors (Lipinski definition) is 3. The second-order valence-corrected chi connectivity index (χ2v) is 3.60. The van der Waals surface area contributed by atoms with Crippen LogP contribution in [0.4, 0.5) is 5.69 Å². The molecule has 1 unspecified atom stereocenters. The zero-order valence-corrected chi connectivity index (χ0v) is 9.41. The van der Waals surface area contributed by atoms with Crippen molar-refractivity contribution in [1.29, 1.82) is 5.26 Å². The van der Waals surface area contributed by atoms with E-state index in [0.29, 0.717) is 22.3 Å². The van der Waals surface area contributed by atoms with Gasteiger partial charge in [-0.1, -0.05) is 13.0 Å². The van der Waals surface area contributed by atoms with Crippen LogP contribution >= 0.6 is 15.9 Å². The summed E-state index contributed by atoms with van der Waals surface area (Å²) >= 11 is 3.31. The van der Waals surface area contributed by atoms with Crippen LogP contribution in [-0.2, 0) is 0 Å². The van der Waals surface area contributed by atoms with Crippen LogP contribution in [-0.4, -0.2) is 6.10 Å². The molecule has 0 saturated heterocycles. The molecule has 4 heteroatoms. The maximum absolute atomic E-state index is 8.73. The summed E-state index contributed by atoms with van der Waals surface area (Å²) in [6.07, 6.45) is 0.227. The first kappa shape index (κ1) is 10.9. The zero-order valence-electron chi connectivity index (χ0n) is 7.83. The van der Waals surface area contributed by atoms with E-state index in [9.17, 15) is 0 Å². The summed E-state index contributed by atoms with van der Waals surface area (Å²) in [6, 6.07) is 7.40. The van der Waals surface area contributed by atoms with Gasteiger partial charge in [0.2, 0.25) is 0 Å². The van der Waals surface area contributed by atoms with Crippen molar-refractivity contribution in [2.45, 2.75) is 19.4 Å². The van der Waals surface area contributed by atoms with E-state index < -0.39 is 6.10 Å². The van der Waals surface area contributed by atoms with E-state index in [1.54, 1.807) is 18.2 Å². The second kappa shape index (κ2) is 4.87. The Kier molecular flexibility index (Phi) is 3.78. The average molecular weight is 255 g/mol. The van der Waals surface area contributed by atoms with E-state index in [2.05, 4.69) is 22.0 Å². The van der Waals surface area contributed by atoms with Gasteiger partial charge >= 0.3 is 0 Å². The van der Waals surface area contributed by atoms with Crippen LogP contribution in [0.3, 0.4) is 0 Å². The molecule has 1 atom stereocenters. The van der Waals surface area contributed by atoms with Crippen molar-refractivity contribution < 1.29 is 4.74 Å². The fourth-order valence-electron chi connectivity index (χ4n) is 0.973. The number of nitrogens with two attached hydrogens (primary N) is 1. The van der Waals surface area contributed by atoms with Gasteiger partial charge < -0.3 is 10.5 Å². The van der Waals surface area contributed by atoms with Crippen LogP contribution in [0.15, 0.2) is 22.7 Å². The van der Waals surface area contributed by atoms with Gasteiger partial charge in [-0.15, -0.1) is 0 Å². The number of nitrogen functional groups attached to an aromatic ring is 1. The molecule has 0 spiro atoms. The molecule has 1 aromatic carbocycles. The Balaban J connectivity index is 2.87. The average Bonchev–Trinajstić information content (AvgIpc) is 2.20. The molecule has 1 rings (SSSR count). The Morgan fingerprint density at radius 3 is 2.93 bits per heavy atom. The van der Waals surface area contributed by atoms with Gasteiger partial charge in [-0.2, -0.15) is 5.26 Å². The third kappa shape index (κ3) is 2.39. The van der Waals surface area contributed by atoms with Crippen molar-refractivity contribution in [3.05, 3.63) is 22.7 Å². The molecule has 1 aromatic rings. The second-order valence-electron chi connectivity index (χ2n) is 2.80. The minimum Gasteiger partial charge on any atom is -0.474 e. The topological polar surface area (TPSA) is 59.0 Å². The van der Waals surface area contributed by atoms with Gasteiger partial charge in [0.05, 0.1) is 4.47 Å². The molecule has 0 aliphatic rings. The van der Waals surface area contributed by atoms with E-state index >= 15 is 0 Å². The summed E-state index contributed by atoms with van der Waals surface area (Å²) in [4.78, 5) is 0. The number of anilines is 1.